The molecule has 3 aromatic heterocycles. The quantitative estimate of drug-likeness (QED) is 0.745. The van der Waals surface area contributed by atoms with Crippen molar-refractivity contribution in [3.05, 3.63) is 42.7 Å². The van der Waals surface area contributed by atoms with Crippen molar-refractivity contribution in [1.29, 1.82) is 0 Å². The van der Waals surface area contributed by atoms with Gasteiger partial charge in [0, 0.05) is 30.9 Å². The molecule has 4 rings (SSSR count). The lowest BCUT2D eigenvalue weighted by molar-refractivity contribution is 0.510. The summed E-state index contributed by atoms with van der Waals surface area (Å²) in [4.78, 5) is 22.4. The van der Waals surface area contributed by atoms with Crippen molar-refractivity contribution >= 4 is 17.0 Å². The molecule has 0 atom stereocenters. The highest BCUT2D eigenvalue weighted by Crippen LogP contribution is 2.31. The Labute approximate surface area is 109 Å². The molecule has 0 aliphatic carbocycles. The topological polar surface area (TPSA) is 70.6 Å². The van der Waals surface area contributed by atoms with E-state index in [-0.39, 0.29) is 0 Å². The predicted molar refractivity (Wildman–Crippen MR) is 70.9 cm³/mol. The van der Waals surface area contributed by atoms with Crippen LogP contribution in [0.3, 0.4) is 0 Å². The van der Waals surface area contributed by atoms with Crippen molar-refractivity contribution in [1.82, 2.24) is 24.9 Å². The zero-order valence-corrected chi connectivity index (χ0v) is 10.2. The Hall–Kier alpha value is -2.50. The van der Waals surface area contributed by atoms with Gasteiger partial charge in [0.15, 0.2) is 11.5 Å². The lowest BCUT2D eigenvalue weighted by Crippen LogP contribution is -2.45. The van der Waals surface area contributed by atoms with Crippen molar-refractivity contribution < 1.29 is 0 Å². The first kappa shape index (κ1) is 10.4. The van der Waals surface area contributed by atoms with Crippen molar-refractivity contribution in [3.63, 3.8) is 0 Å². The smallest absolute Gasteiger partial charge is 0.182 e. The summed E-state index contributed by atoms with van der Waals surface area (Å²) in [5, 5.41) is 0. The SMILES string of the molecule is c1ccc(C2CN(c3ncnc4nc[nH]c34)C2)nc1. The Morgan fingerprint density at radius 3 is 2.89 bits per heavy atom. The fraction of sp³-hybridized carbons (Fsp3) is 0.231. The molecule has 19 heavy (non-hydrogen) atoms. The lowest BCUT2D eigenvalue weighted by Gasteiger charge is -2.39. The summed E-state index contributed by atoms with van der Waals surface area (Å²) in [6.07, 6.45) is 5.06. The molecule has 1 aliphatic heterocycles. The molecule has 1 saturated heterocycles. The number of anilines is 1. The van der Waals surface area contributed by atoms with Crippen LogP contribution in [0.1, 0.15) is 11.6 Å². The van der Waals surface area contributed by atoms with E-state index in [1.54, 1.807) is 12.7 Å². The number of hydrogen-bond donors (Lipinski definition) is 1. The van der Waals surface area contributed by atoms with Gasteiger partial charge in [-0.15, -0.1) is 0 Å². The highest BCUT2D eigenvalue weighted by Gasteiger charge is 2.31. The molecular weight excluding hydrogens is 240 g/mol. The van der Waals surface area contributed by atoms with E-state index in [0.29, 0.717) is 11.6 Å². The van der Waals surface area contributed by atoms with Crippen molar-refractivity contribution in [2.24, 2.45) is 0 Å². The van der Waals surface area contributed by atoms with Crippen molar-refractivity contribution in [2.75, 3.05) is 18.0 Å². The van der Waals surface area contributed by atoms with Gasteiger partial charge in [-0.25, -0.2) is 15.0 Å². The molecule has 1 N–H and O–H groups in total. The van der Waals surface area contributed by atoms with Crippen LogP contribution in [0, 0.1) is 0 Å². The summed E-state index contributed by atoms with van der Waals surface area (Å²) in [6.45, 7) is 1.87. The number of aromatic nitrogens is 5. The number of fused-ring (bicyclic) bond motifs is 1. The van der Waals surface area contributed by atoms with Gasteiger partial charge in [0.1, 0.15) is 11.8 Å². The van der Waals surface area contributed by atoms with Crippen LogP contribution in [0.15, 0.2) is 37.1 Å². The van der Waals surface area contributed by atoms with Gasteiger partial charge >= 0.3 is 0 Å². The molecule has 0 radical (unpaired) electrons. The first-order valence-corrected chi connectivity index (χ1v) is 6.22. The number of imidazole rings is 1. The summed E-state index contributed by atoms with van der Waals surface area (Å²) in [7, 11) is 0. The summed E-state index contributed by atoms with van der Waals surface area (Å²) in [5.41, 5.74) is 2.77. The molecule has 0 aromatic carbocycles. The van der Waals surface area contributed by atoms with Gasteiger partial charge in [0.2, 0.25) is 0 Å². The maximum Gasteiger partial charge on any atom is 0.182 e. The zero-order chi connectivity index (χ0) is 12.7. The lowest BCUT2D eigenvalue weighted by atomic mass is 9.96. The van der Waals surface area contributed by atoms with Crippen LogP contribution in [-0.2, 0) is 0 Å². The fourth-order valence-corrected chi connectivity index (χ4v) is 2.45. The first-order chi connectivity index (χ1) is 9.42. The Morgan fingerprint density at radius 1 is 1.11 bits per heavy atom. The molecule has 1 fully saturated rings. The average molecular weight is 252 g/mol. The molecule has 0 spiro atoms. The molecule has 0 unspecified atom stereocenters. The standard InChI is InChI=1S/C13H12N6/c1-2-4-14-10(3-1)9-5-19(6-9)13-11-12(16-7-15-11)17-8-18-13/h1-4,7-9H,5-6H2,(H,15,16,17,18). The highest BCUT2D eigenvalue weighted by molar-refractivity contribution is 5.83. The average Bonchev–Trinajstić information content (AvgIpc) is 2.87. The van der Waals surface area contributed by atoms with Crippen LogP contribution in [0.5, 0.6) is 0 Å². The molecule has 3 aromatic rings. The Balaban J connectivity index is 1.59. The van der Waals surface area contributed by atoms with Crippen LogP contribution in [0.2, 0.25) is 0 Å². The van der Waals surface area contributed by atoms with Crippen molar-refractivity contribution in [2.45, 2.75) is 5.92 Å². The molecule has 4 heterocycles. The van der Waals surface area contributed by atoms with Gasteiger partial charge in [-0.05, 0) is 12.1 Å². The minimum Gasteiger partial charge on any atom is -0.353 e. The molecule has 0 saturated carbocycles. The van der Waals surface area contributed by atoms with Crippen LogP contribution in [0.25, 0.3) is 11.2 Å². The van der Waals surface area contributed by atoms with Gasteiger partial charge in [-0.1, -0.05) is 6.07 Å². The van der Waals surface area contributed by atoms with E-state index >= 15 is 0 Å². The van der Waals surface area contributed by atoms with E-state index in [1.807, 2.05) is 18.3 Å². The Kier molecular flexibility index (Phi) is 2.20. The number of rotatable bonds is 2. The summed E-state index contributed by atoms with van der Waals surface area (Å²) < 4.78 is 0. The van der Waals surface area contributed by atoms with Gasteiger partial charge in [0.25, 0.3) is 0 Å². The number of nitrogens with zero attached hydrogens (tertiary/aromatic N) is 5. The third kappa shape index (κ3) is 1.64. The number of nitrogens with one attached hydrogen (secondary N) is 1. The van der Waals surface area contributed by atoms with E-state index in [4.69, 9.17) is 0 Å². The van der Waals surface area contributed by atoms with Crippen LogP contribution >= 0.6 is 0 Å². The molecule has 6 heteroatoms. The third-order valence-corrected chi connectivity index (χ3v) is 3.49. The fourth-order valence-electron chi connectivity index (χ4n) is 2.45. The van der Waals surface area contributed by atoms with E-state index in [2.05, 4.69) is 35.9 Å². The van der Waals surface area contributed by atoms with E-state index in [1.165, 1.54) is 0 Å². The molecule has 0 amide bonds. The van der Waals surface area contributed by atoms with Crippen LogP contribution in [-0.4, -0.2) is 38.0 Å². The Morgan fingerprint density at radius 2 is 2.05 bits per heavy atom. The number of aromatic amines is 1. The summed E-state index contributed by atoms with van der Waals surface area (Å²) in [6, 6.07) is 6.05. The predicted octanol–water partition coefficient (Wildman–Crippen LogP) is 1.35. The molecule has 1 aliphatic rings. The number of hydrogen-bond acceptors (Lipinski definition) is 5. The van der Waals surface area contributed by atoms with Gasteiger partial charge < -0.3 is 9.88 Å². The maximum atomic E-state index is 4.40. The normalized spacial score (nSPS) is 15.7. The van der Waals surface area contributed by atoms with Crippen LogP contribution in [0.4, 0.5) is 5.82 Å². The number of pyridine rings is 1. The largest absolute Gasteiger partial charge is 0.353 e. The first-order valence-electron chi connectivity index (χ1n) is 6.22. The van der Waals surface area contributed by atoms with Crippen LogP contribution < -0.4 is 4.90 Å². The zero-order valence-electron chi connectivity index (χ0n) is 10.2. The number of H-pyrrole nitrogens is 1. The van der Waals surface area contributed by atoms with Gasteiger partial charge in [0.05, 0.1) is 6.33 Å². The second-order valence-electron chi connectivity index (χ2n) is 4.65. The Bertz CT molecular complexity index is 701. The molecule has 94 valence electrons. The minimum atomic E-state index is 0.481. The minimum absolute atomic E-state index is 0.481. The van der Waals surface area contributed by atoms with Gasteiger partial charge in [-0.3, -0.25) is 4.98 Å². The maximum absolute atomic E-state index is 4.40. The van der Waals surface area contributed by atoms with E-state index in [0.717, 1.165) is 30.1 Å². The second-order valence-corrected chi connectivity index (χ2v) is 4.65. The molecule has 0 bridgehead atoms. The van der Waals surface area contributed by atoms with E-state index in [9.17, 15) is 0 Å². The second kappa shape index (κ2) is 4.01. The summed E-state index contributed by atoms with van der Waals surface area (Å²) >= 11 is 0. The third-order valence-electron chi connectivity index (χ3n) is 3.49. The molecular formula is C13H12N6. The monoisotopic (exact) mass is 252 g/mol. The van der Waals surface area contributed by atoms with E-state index < -0.39 is 0 Å². The highest BCUT2D eigenvalue weighted by atomic mass is 15.3. The molecule has 6 nitrogen and oxygen atoms in total. The summed E-state index contributed by atoms with van der Waals surface area (Å²) in [5.74, 6) is 1.41. The van der Waals surface area contributed by atoms with Crippen molar-refractivity contribution in [3.8, 4) is 0 Å². The van der Waals surface area contributed by atoms with Gasteiger partial charge in [-0.2, -0.15) is 0 Å².